The quantitative estimate of drug-likeness (QED) is 0.130. The first-order valence-corrected chi connectivity index (χ1v) is 19.8. The average Bonchev–Trinajstić information content (AvgIpc) is 3.71. The Bertz CT molecular complexity index is 2600. The summed E-state index contributed by atoms with van der Waals surface area (Å²) in [5.41, 5.74) is 12.3. The molecule has 1 aliphatic heterocycles. The Labute approximate surface area is 340 Å². The van der Waals surface area contributed by atoms with Crippen molar-refractivity contribution in [1.82, 2.24) is 0 Å². The summed E-state index contributed by atoms with van der Waals surface area (Å²) in [5.74, 6) is 3.21. The van der Waals surface area contributed by atoms with Gasteiger partial charge >= 0.3 is 11.5 Å². The first-order valence-electron chi connectivity index (χ1n) is 19.8. The van der Waals surface area contributed by atoms with Crippen LogP contribution in [-0.4, -0.2) is 0 Å². The Morgan fingerprint density at radius 1 is 0.466 bits per heavy atom. The molecule has 1 aliphatic carbocycles. The van der Waals surface area contributed by atoms with Crippen molar-refractivity contribution >= 4 is 28.8 Å². The average molecular weight is 749 g/mol. The highest BCUT2D eigenvalue weighted by atomic mass is 16.5. The Hall–Kier alpha value is -7.49. The molecule has 2 aliphatic rings. The zero-order chi connectivity index (χ0) is 38.9. The molecule has 7 aromatic rings. The van der Waals surface area contributed by atoms with Gasteiger partial charge in [-0.15, -0.1) is 0 Å². The molecule has 0 unspecified atom stereocenters. The number of hydrogen-bond donors (Lipinski definition) is 0. The maximum absolute atomic E-state index is 6.62. The highest BCUT2D eigenvalue weighted by Crippen LogP contribution is 2.42. The topological polar surface area (TPSA) is 23.8 Å². The molecular weight excluding hydrogens is 707 g/mol. The van der Waals surface area contributed by atoms with Crippen LogP contribution in [0.5, 0.6) is 0 Å². The number of rotatable bonds is 10. The van der Waals surface area contributed by atoms with Gasteiger partial charge in [0, 0.05) is 28.6 Å². The van der Waals surface area contributed by atoms with Crippen molar-refractivity contribution in [3.8, 4) is 22.5 Å². The number of para-hydroxylation sites is 2. The van der Waals surface area contributed by atoms with Crippen molar-refractivity contribution in [2.75, 3.05) is 4.90 Å². The zero-order valence-corrected chi connectivity index (χ0v) is 32.1. The Balaban J connectivity index is 1.17. The van der Waals surface area contributed by atoms with E-state index in [-0.39, 0.29) is 0 Å². The summed E-state index contributed by atoms with van der Waals surface area (Å²) in [6, 6.07) is 67.1. The summed E-state index contributed by atoms with van der Waals surface area (Å²) < 4.78 is 13.2. The van der Waals surface area contributed by atoms with E-state index in [4.69, 9.17) is 9.15 Å². The first-order chi connectivity index (χ1) is 28.7. The highest BCUT2D eigenvalue weighted by Gasteiger charge is 2.27. The monoisotopic (exact) mass is 748 g/mol. The highest BCUT2D eigenvalue weighted by molar-refractivity contribution is 5.85. The van der Waals surface area contributed by atoms with Gasteiger partial charge in [-0.25, -0.2) is 4.42 Å². The summed E-state index contributed by atoms with van der Waals surface area (Å²) in [6.07, 6.45) is 14.7. The van der Waals surface area contributed by atoms with Crippen LogP contribution in [0.3, 0.4) is 0 Å². The summed E-state index contributed by atoms with van der Waals surface area (Å²) in [4.78, 5) is 2.38. The maximum atomic E-state index is 6.62. The predicted molar refractivity (Wildman–Crippen MR) is 240 cm³/mol. The molecule has 9 rings (SSSR count). The van der Waals surface area contributed by atoms with E-state index in [9.17, 15) is 0 Å². The number of benzene rings is 6. The van der Waals surface area contributed by atoms with Crippen molar-refractivity contribution in [3.63, 3.8) is 0 Å². The number of allylic oxidation sites excluding steroid dienone is 8. The van der Waals surface area contributed by atoms with E-state index < -0.39 is 0 Å². The van der Waals surface area contributed by atoms with Crippen LogP contribution in [0.15, 0.2) is 252 Å². The first kappa shape index (κ1) is 36.2. The zero-order valence-electron chi connectivity index (χ0n) is 32.1. The molecule has 0 saturated heterocycles. The minimum atomic E-state index is 0.784. The normalized spacial score (nSPS) is 15.4. The van der Waals surface area contributed by atoms with Crippen molar-refractivity contribution in [1.29, 1.82) is 0 Å². The van der Waals surface area contributed by atoms with Gasteiger partial charge in [-0.3, -0.25) is 0 Å². The van der Waals surface area contributed by atoms with Crippen molar-refractivity contribution in [3.05, 3.63) is 264 Å². The lowest BCUT2D eigenvalue weighted by Gasteiger charge is -2.28. The van der Waals surface area contributed by atoms with Gasteiger partial charge in [0.2, 0.25) is 0 Å². The number of anilines is 2. The molecule has 0 saturated carbocycles. The predicted octanol–water partition coefficient (Wildman–Crippen LogP) is 14.8. The summed E-state index contributed by atoms with van der Waals surface area (Å²) in [5, 5.41) is 0. The van der Waals surface area contributed by atoms with Crippen molar-refractivity contribution in [2.45, 2.75) is 12.8 Å². The maximum Gasteiger partial charge on any atom is 0.361 e. The van der Waals surface area contributed by atoms with Crippen LogP contribution in [0, 0.1) is 0 Å². The van der Waals surface area contributed by atoms with E-state index in [0.717, 1.165) is 86.3 Å². The van der Waals surface area contributed by atoms with E-state index in [1.807, 2.05) is 48.5 Å². The number of hydrogen-bond acceptors (Lipinski definition) is 2. The Kier molecular flexibility index (Phi) is 10.7. The van der Waals surface area contributed by atoms with E-state index >= 15 is 0 Å². The van der Waals surface area contributed by atoms with Crippen LogP contribution in [0.1, 0.15) is 29.7 Å². The lowest BCUT2D eigenvalue weighted by Crippen LogP contribution is -2.17. The second-order valence-corrected chi connectivity index (χ2v) is 14.3. The van der Waals surface area contributed by atoms with Gasteiger partial charge in [-0.1, -0.05) is 152 Å². The molecule has 0 spiro atoms. The fraction of sp³-hybridized carbons (Fsp3) is 0.0364. The minimum Gasteiger partial charge on any atom is -0.457 e. The van der Waals surface area contributed by atoms with E-state index in [1.165, 1.54) is 11.1 Å². The fourth-order valence-corrected chi connectivity index (χ4v) is 7.54. The van der Waals surface area contributed by atoms with Gasteiger partial charge in [0.05, 0.1) is 23.4 Å². The molecular formula is C55H42NO2+. The molecule has 58 heavy (non-hydrogen) atoms. The second kappa shape index (κ2) is 17.1. The molecule has 3 nitrogen and oxygen atoms in total. The number of nitrogens with zero attached hydrogens (tertiary/aromatic N) is 1. The van der Waals surface area contributed by atoms with Crippen molar-refractivity contribution < 1.29 is 9.15 Å². The van der Waals surface area contributed by atoms with Crippen LogP contribution < -0.4 is 4.90 Å². The standard InChI is InChI=1S/C55H42NO2/c1-7-19-41(20-8-1)47-37-51(57-53(39-47)43-23-11-3-12-24-43)35-33-45-31-32-46(55(45)56(49-27-15-5-16-28-49)50-29-17-6-18-30-50)34-36-52-38-48(42-21-9-2-10-22-42)40-54(58-52)44-25-13-4-14-26-44/h1-30,33-40H,31-32H2/q+1. The van der Waals surface area contributed by atoms with Crippen molar-refractivity contribution in [2.24, 2.45) is 0 Å². The van der Waals surface area contributed by atoms with Gasteiger partial charge in [-0.05, 0) is 101 Å². The summed E-state index contributed by atoms with van der Waals surface area (Å²) in [6.45, 7) is 0. The van der Waals surface area contributed by atoms with Gasteiger partial charge in [0.15, 0.2) is 0 Å². The molecule has 0 atom stereocenters. The van der Waals surface area contributed by atoms with E-state index in [0.29, 0.717) is 0 Å². The third-order valence-corrected chi connectivity index (χ3v) is 10.4. The van der Waals surface area contributed by atoms with Gasteiger partial charge in [0.25, 0.3) is 0 Å². The van der Waals surface area contributed by atoms with E-state index in [1.54, 1.807) is 0 Å². The van der Waals surface area contributed by atoms with Crippen LogP contribution in [-0.2, 0) is 4.74 Å². The van der Waals surface area contributed by atoms with E-state index in [2.05, 4.69) is 187 Å². The molecule has 3 heteroatoms. The van der Waals surface area contributed by atoms with Gasteiger partial charge in [0.1, 0.15) is 11.5 Å². The molecule has 0 radical (unpaired) electrons. The molecule has 0 amide bonds. The summed E-state index contributed by atoms with van der Waals surface area (Å²) >= 11 is 0. The van der Waals surface area contributed by atoms with Crippen LogP contribution >= 0.6 is 0 Å². The molecule has 278 valence electrons. The Morgan fingerprint density at radius 2 is 1.00 bits per heavy atom. The fourth-order valence-electron chi connectivity index (χ4n) is 7.54. The molecule has 0 fully saturated rings. The largest absolute Gasteiger partial charge is 0.457 e. The SMILES string of the molecule is C1=C(c2ccccc2)C=C(c2ccccc2)O/C1=C/C=C1\CCC(/C=C/c2cc(-c3ccccc3)cc(-c3ccccc3)[o+]2)=C1N(c1ccccc1)c1ccccc1. The summed E-state index contributed by atoms with van der Waals surface area (Å²) in [7, 11) is 0. The lowest BCUT2D eigenvalue weighted by molar-refractivity contribution is 0.398. The number of ether oxygens (including phenoxy) is 1. The van der Waals surface area contributed by atoms with Crippen LogP contribution in [0.25, 0.3) is 39.9 Å². The smallest absolute Gasteiger partial charge is 0.361 e. The molecule has 1 aromatic heterocycles. The molecule has 0 N–H and O–H groups in total. The molecule has 6 aromatic carbocycles. The van der Waals surface area contributed by atoms with Gasteiger partial charge in [-0.2, -0.15) is 0 Å². The van der Waals surface area contributed by atoms with Gasteiger partial charge < -0.3 is 9.64 Å². The Morgan fingerprint density at radius 3 is 1.60 bits per heavy atom. The third kappa shape index (κ3) is 8.21. The molecule has 0 bridgehead atoms. The van der Waals surface area contributed by atoms with Crippen LogP contribution in [0.2, 0.25) is 0 Å². The lowest BCUT2D eigenvalue weighted by atomic mass is 10.0. The third-order valence-electron chi connectivity index (χ3n) is 10.4. The second-order valence-electron chi connectivity index (χ2n) is 14.3. The molecule has 2 heterocycles. The minimum absolute atomic E-state index is 0.784. The van der Waals surface area contributed by atoms with Crippen LogP contribution in [0.4, 0.5) is 11.4 Å².